The highest BCUT2D eigenvalue weighted by Gasteiger charge is 2.28. The van der Waals surface area contributed by atoms with E-state index >= 15 is 0 Å². The van der Waals surface area contributed by atoms with E-state index in [2.05, 4.69) is 0 Å². The van der Waals surface area contributed by atoms with Gasteiger partial charge in [0.05, 0.1) is 16.6 Å². The van der Waals surface area contributed by atoms with Gasteiger partial charge in [-0.25, -0.2) is 4.39 Å². The van der Waals surface area contributed by atoms with E-state index in [1.807, 2.05) is 11.9 Å². The van der Waals surface area contributed by atoms with Gasteiger partial charge in [0.2, 0.25) is 5.82 Å². The van der Waals surface area contributed by atoms with Crippen molar-refractivity contribution in [3.05, 3.63) is 39.4 Å². The minimum Gasteiger partial charge on any atom is -0.336 e. The zero-order chi connectivity index (χ0) is 14.9. The molecule has 1 heterocycles. The number of nitro groups is 1. The van der Waals surface area contributed by atoms with Crippen LogP contribution >= 0.6 is 0 Å². The molecule has 0 aromatic heterocycles. The molecular formula is C12H13F2N3O3. The highest BCUT2D eigenvalue weighted by atomic mass is 19.1. The van der Waals surface area contributed by atoms with Crippen LogP contribution in [0.5, 0.6) is 0 Å². The van der Waals surface area contributed by atoms with E-state index < -0.39 is 33.7 Å². The van der Waals surface area contributed by atoms with Crippen LogP contribution in [-0.2, 0) is 0 Å². The van der Waals surface area contributed by atoms with E-state index in [0.29, 0.717) is 38.3 Å². The van der Waals surface area contributed by atoms with Crippen LogP contribution in [0.1, 0.15) is 10.4 Å². The van der Waals surface area contributed by atoms with Gasteiger partial charge in [-0.05, 0) is 13.1 Å². The first-order valence-corrected chi connectivity index (χ1v) is 6.01. The molecule has 1 aliphatic rings. The predicted octanol–water partition coefficient (Wildman–Crippen LogP) is 1.26. The van der Waals surface area contributed by atoms with Crippen LogP contribution < -0.4 is 0 Å². The molecule has 2 rings (SSSR count). The van der Waals surface area contributed by atoms with Gasteiger partial charge in [0.25, 0.3) is 5.91 Å². The van der Waals surface area contributed by atoms with Gasteiger partial charge >= 0.3 is 5.69 Å². The normalized spacial score (nSPS) is 16.2. The van der Waals surface area contributed by atoms with Crippen LogP contribution in [0.3, 0.4) is 0 Å². The van der Waals surface area contributed by atoms with E-state index in [4.69, 9.17) is 0 Å². The molecule has 20 heavy (non-hydrogen) atoms. The summed E-state index contributed by atoms with van der Waals surface area (Å²) >= 11 is 0. The Kier molecular flexibility index (Phi) is 3.93. The number of hydrogen-bond acceptors (Lipinski definition) is 4. The van der Waals surface area contributed by atoms with Gasteiger partial charge in [-0.2, -0.15) is 4.39 Å². The van der Waals surface area contributed by atoms with E-state index in [-0.39, 0.29) is 0 Å². The fourth-order valence-corrected chi connectivity index (χ4v) is 2.04. The third-order valence-corrected chi connectivity index (χ3v) is 3.24. The summed E-state index contributed by atoms with van der Waals surface area (Å²) in [5.41, 5.74) is -1.62. The Morgan fingerprint density at radius 2 is 1.85 bits per heavy atom. The summed E-state index contributed by atoms with van der Waals surface area (Å²) < 4.78 is 27.2. The first kappa shape index (κ1) is 14.3. The van der Waals surface area contributed by atoms with Gasteiger partial charge in [0.15, 0.2) is 0 Å². The van der Waals surface area contributed by atoms with Gasteiger partial charge in [0, 0.05) is 26.2 Å². The third-order valence-electron chi connectivity index (χ3n) is 3.24. The lowest BCUT2D eigenvalue weighted by Gasteiger charge is -2.32. The minimum absolute atomic E-state index is 0.374. The lowest BCUT2D eigenvalue weighted by molar-refractivity contribution is -0.387. The molecule has 108 valence electrons. The van der Waals surface area contributed by atoms with Crippen molar-refractivity contribution in [2.75, 3.05) is 33.2 Å². The molecule has 0 radical (unpaired) electrons. The van der Waals surface area contributed by atoms with E-state index in [1.165, 1.54) is 4.90 Å². The zero-order valence-electron chi connectivity index (χ0n) is 10.8. The molecule has 0 bridgehead atoms. The Labute approximate surface area is 113 Å². The summed E-state index contributed by atoms with van der Waals surface area (Å²) in [6.45, 7) is 1.98. The summed E-state index contributed by atoms with van der Waals surface area (Å²) in [5.74, 6) is -3.02. The van der Waals surface area contributed by atoms with Crippen molar-refractivity contribution in [2.45, 2.75) is 0 Å². The van der Waals surface area contributed by atoms with Crippen LogP contribution in [0.4, 0.5) is 14.5 Å². The standard InChI is InChI=1S/C12H13F2N3O3/c1-15-2-4-16(5-3-15)12(18)9-6-8(13)7-10(11(9)14)17(19)20/h6-7H,2-5H2,1H3. The number of hydrogen-bond donors (Lipinski definition) is 0. The molecule has 1 amide bonds. The lowest BCUT2D eigenvalue weighted by atomic mass is 10.1. The molecule has 0 atom stereocenters. The second-order valence-electron chi connectivity index (χ2n) is 4.64. The van der Waals surface area contributed by atoms with E-state index in [9.17, 15) is 23.7 Å². The maximum atomic E-state index is 13.9. The Morgan fingerprint density at radius 3 is 2.40 bits per heavy atom. The quantitative estimate of drug-likeness (QED) is 0.606. The molecule has 1 fully saturated rings. The Bertz CT molecular complexity index is 557. The van der Waals surface area contributed by atoms with Crippen molar-refractivity contribution in [1.82, 2.24) is 9.80 Å². The summed E-state index contributed by atoms with van der Waals surface area (Å²) in [5, 5.41) is 10.6. The summed E-state index contributed by atoms with van der Waals surface area (Å²) in [6, 6.07) is 1.17. The smallest absolute Gasteiger partial charge is 0.308 e. The average molecular weight is 285 g/mol. The van der Waals surface area contributed by atoms with Crippen molar-refractivity contribution in [2.24, 2.45) is 0 Å². The van der Waals surface area contributed by atoms with Gasteiger partial charge in [-0.3, -0.25) is 14.9 Å². The van der Waals surface area contributed by atoms with Crippen LogP contribution in [0.25, 0.3) is 0 Å². The molecule has 1 aromatic rings. The van der Waals surface area contributed by atoms with Gasteiger partial charge in [0.1, 0.15) is 5.82 Å². The summed E-state index contributed by atoms with van der Waals surface area (Å²) in [4.78, 5) is 25.1. The molecule has 8 heteroatoms. The molecule has 0 N–H and O–H groups in total. The SMILES string of the molecule is CN1CCN(C(=O)c2cc(F)cc([N+](=O)[O-])c2F)CC1. The fourth-order valence-electron chi connectivity index (χ4n) is 2.04. The van der Waals surface area contributed by atoms with Crippen LogP contribution in [0.2, 0.25) is 0 Å². The summed E-state index contributed by atoms with van der Waals surface area (Å²) in [7, 11) is 1.88. The zero-order valence-corrected chi connectivity index (χ0v) is 10.8. The van der Waals surface area contributed by atoms with Crippen molar-refractivity contribution in [3.8, 4) is 0 Å². The highest BCUT2D eigenvalue weighted by molar-refractivity contribution is 5.95. The van der Waals surface area contributed by atoms with Gasteiger partial charge < -0.3 is 9.80 Å². The average Bonchev–Trinajstić information content (AvgIpc) is 2.41. The predicted molar refractivity (Wildman–Crippen MR) is 66.4 cm³/mol. The molecule has 0 spiro atoms. The van der Waals surface area contributed by atoms with E-state index in [0.717, 1.165) is 0 Å². The van der Waals surface area contributed by atoms with Crippen LogP contribution in [0, 0.1) is 21.7 Å². The Balaban J connectivity index is 2.32. The molecular weight excluding hydrogens is 272 g/mol. The van der Waals surface area contributed by atoms with Crippen LogP contribution in [-0.4, -0.2) is 53.9 Å². The second kappa shape index (κ2) is 5.49. The third kappa shape index (κ3) is 2.74. The number of halogens is 2. The highest BCUT2D eigenvalue weighted by Crippen LogP contribution is 2.23. The molecule has 6 nitrogen and oxygen atoms in total. The molecule has 1 saturated heterocycles. The molecule has 0 aliphatic carbocycles. The van der Waals surface area contributed by atoms with Crippen LogP contribution in [0.15, 0.2) is 12.1 Å². The molecule has 1 aromatic carbocycles. The number of carbonyl (C=O) groups excluding carboxylic acids is 1. The van der Waals surface area contributed by atoms with Crippen molar-refractivity contribution < 1.29 is 18.5 Å². The summed E-state index contributed by atoms with van der Waals surface area (Å²) in [6.07, 6.45) is 0. The molecule has 0 unspecified atom stereocenters. The van der Waals surface area contributed by atoms with E-state index in [1.54, 1.807) is 0 Å². The Hall–Kier alpha value is -2.09. The van der Waals surface area contributed by atoms with Crippen molar-refractivity contribution in [1.29, 1.82) is 0 Å². The van der Waals surface area contributed by atoms with Gasteiger partial charge in [-0.1, -0.05) is 0 Å². The first-order valence-electron chi connectivity index (χ1n) is 6.01. The second-order valence-corrected chi connectivity index (χ2v) is 4.64. The molecule has 1 aliphatic heterocycles. The van der Waals surface area contributed by atoms with Crippen molar-refractivity contribution in [3.63, 3.8) is 0 Å². The number of nitro benzene ring substituents is 1. The van der Waals surface area contributed by atoms with Crippen molar-refractivity contribution >= 4 is 11.6 Å². The monoisotopic (exact) mass is 285 g/mol. The number of amides is 1. The maximum Gasteiger partial charge on any atom is 0.308 e. The number of nitrogens with zero attached hydrogens (tertiary/aromatic N) is 3. The van der Waals surface area contributed by atoms with Gasteiger partial charge in [-0.15, -0.1) is 0 Å². The maximum absolute atomic E-state index is 13.9. The topological polar surface area (TPSA) is 66.7 Å². The largest absolute Gasteiger partial charge is 0.336 e. The lowest BCUT2D eigenvalue weighted by Crippen LogP contribution is -2.47. The number of carbonyl (C=O) groups is 1. The first-order chi connectivity index (χ1) is 9.40. The number of benzene rings is 1. The fraction of sp³-hybridized carbons (Fsp3) is 0.417. The minimum atomic E-state index is -1.29. The number of piperazine rings is 1. The molecule has 0 saturated carbocycles. The number of likely N-dealkylation sites (N-methyl/N-ethyl adjacent to an activating group) is 1. The Morgan fingerprint density at radius 1 is 1.25 bits per heavy atom. The number of rotatable bonds is 2.